The van der Waals surface area contributed by atoms with Gasteiger partial charge in [-0.25, -0.2) is 9.50 Å². The molecule has 0 atom stereocenters. The van der Waals surface area contributed by atoms with Gasteiger partial charge < -0.3 is 5.32 Å². The molecule has 3 aromatic rings. The second-order valence-electron chi connectivity index (χ2n) is 10.6. The Morgan fingerprint density at radius 2 is 1.97 bits per heavy atom. The average Bonchev–Trinajstić information content (AvgIpc) is 3.40. The first-order valence-electron chi connectivity index (χ1n) is 12.7. The summed E-state index contributed by atoms with van der Waals surface area (Å²) in [6.45, 7) is 11.7. The number of Topliss-reactive ketones (excluding diaryl/α,β-unsaturated/α-hetero) is 1. The van der Waals surface area contributed by atoms with E-state index in [9.17, 15) is 4.79 Å². The summed E-state index contributed by atoms with van der Waals surface area (Å²) in [6, 6.07) is 2.31. The molecular weight excluding hydrogens is 424 g/mol. The second-order valence-corrected chi connectivity index (χ2v) is 10.6. The van der Waals surface area contributed by atoms with Gasteiger partial charge in [-0.2, -0.15) is 10.2 Å². The van der Waals surface area contributed by atoms with Crippen molar-refractivity contribution in [3.63, 3.8) is 0 Å². The Balaban J connectivity index is 1.34. The van der Waals surface area contributed by atoms with Gasteiger partial charge in [0.25, 0.3) is 0 Å². The van der Waals surface area contributed by atoms with Gasteiger partial charge in [0.05, 0.1) is 23.5 Å². The molecule has 2 aliphatic carbocycles. The fraction of sp³-hybridized carbons (Fsp3) is 0.556. The number of hydrogen-bond donors (Lipinski definition) is 1. The van der Waals surface area contributed by atoms with E-state index in [1.54, 1.807) is 10.7 Å². The molecule has 2 saturated carbocycles. The number of anilines is 1. The zero-order valence-corrected chi connectivity index (χ0v) is 20.6. The van der Waals surface area contributed by atoms with Crippen molar-refractivity contribution < 1.29 is 4.79 Å². The fourth-order valence-electron chi connectivity index (χ4n) is 5.14. The minimum absolute atomic E-state index is 0.00686. The standard InChI is InChI=1S/C27H36N6O/c1-17(2)20-7-9-22(10-8-20)33-16-21(26(31-33)18(3)4)13-24(34)23-15-29-32-12-11-25(30-27(23)32)28-14-19-5-6-19/h11-12,15-17,19-20,22H,3,5-10,13-14H2,1-2,4H3,(H,28,30). The molecule has 34 heavy (non-hydrogen) atoms. The predicted molar refractivity (Wildman–Crippen MR) is 135 cm³/mol. The summed E-state index contributed by atoms with van der Waals surface area (Å²) in [7, 11) is 0. The first-order chi connectivity index (χ1) is 16.4. The van der Waals surface area contributed by atoms with E-state index in [0.29, 0.717) is 17.3 Å². The molecule has 0 aliphatic heterocycles. The largest absolute Gasteiger partial charge is 0.370 e. The lowest BCUT2D eigenvalue weighted by atomic mass is 9.80. The third kappa shape index (κ3) is 4.79. The van der Waals surface area contributed by atoms with Crippen LogP contribution >= 0.6 is 0 Å². The van der Waals surface area contributed by atoms with Gasteiger partial charge in [-0.15, -0.1) is 0 Å². The van der Waals surface area contributed by atoms with Gasteiger partial charge >= 0.3 is 0 Å². The summed E-state index contributed by atoms with van der Waals surface area (Å²) in [6.07, 6.45) is 13.2. The molecular formula is C27H36N6O. The molecule has 7 heteroatoms. The number of rotatable bonds is 9. The first kappa shape index (κ1) is 22.8. The molecule has 0 amide bonds. The fourth-order valence-corrected chi connectivity index (χ4v) is 5.14. The number of ketones is 1. The van der Waals surface area contributed by atoms with Gasteiger partial charge in [0, 0.05) is 30.9 Å². The Morgan fingerprint density at radius 3 is 2.65 bits per heavy atom. The summed E-state index contributed by atoms with van der Waals surface area (Å²) in [5.41, 5.74) is 3.82. The average molecular weight is 461 g/mol. The van der Waals surface area contributed by atoms with Gasteiger partial charge in [0.15, 0.2) is 11.4 Å². The molecule has 180 valence electrons. The molecule has 7 nitrogen and oxygen atoms in total. The molecule has 0 radical (unpaired) electrons. The normalized spacial score (nSPS) is 20.7. The van der Waals surface area contributed by atoms with E-state index < -0.39 is 0 Å². The minimum Gasteiger partial charge on any atom is -0.370 e. The van der Waals surface area contributed by atoms with E-state index in [4.69, 9.17) is 5.10 Å². The zero-order valence-electron chi connectivity index (χ0n) is 20.6. The van der Waals surface area contributed by atoms with E-state index in [2.05, 4.69) is 46.7 Å². The summed E-state index contributed by atoms with van der Waals surface area (Å²) in [5.74, 6) is 3.09. The predicted octanol–water partition coefficient (Wildman–Crippen LogP) is 5.59. The summed E-state index contributed by atoms with van der Waals surface area (Å²) < 4.78 is 3.77. The Hall–Kier alpha value is -2.96. The lowest BCUT2D eigenvalue weighted by Crippen LogP contribution is -2.21. The number of nitrogens with one attached hydrogen (secondary N) is 1. The molecule has 5 rings (SSSR count). The van der Waals surface area contributed by atoms with Crippen LogP contribution in [0, 0.1) is 17.8 Å². The maximum atomic E-state index is 13.4. The van der Waals surface area contributed by atoms with E-state index in [1.165, 1.54) is 25.7 Å². The lowest BCUT2D eigenvalue weighted by molar-refractivity contribution is 0.0994. The highest BCUT2D eigenvalue weighted by Crippen LogP contribution is 2.36. The third-order valence-electron chi connectivity index (χ3n) is 7.56. The number of hydrogen-bond acceptors (Lipinski definition) is 5. The molecule has 0 saturated heterocycles. The monoisotopic (exact) mass is 460 g/mol. The van der Waals surface area contributed by atoms with Gasteiger partial charge in [-0.05, 0) is 74.8 Å². The van der Waals surface area contributed by atoms with E-state index in [0.717, 1.165) is 59.8 Å². The van der Waals surface area contributed by atoms with E-state index in [-0.39, 0.29) is 12.2 Å². The highest BCUT2D eigenvalue weighted by Gasteiger charge is 2.27. The van der Waals surface area contributed by atoms with Crippen molar-refractivity contribution in [3.05, 3.63) is 48.1 Å². The van der Waals surface area contributed by atoms with Gasteiger partial charge in [0.2, 0.25) is 0 Å². The maximum absolute atomic E-state index is 13.4. The molecule has 1 N–H and O–H groups in total. The molecule has 3 aromatic heterocycles. The summed E-state index contributed by atoms with van der Waals surface area (Å²) in [5, 5.41) is 12.6. The van der Waals surface area contributed by atoms with Crippen LogP contribution in [0.4, 0.5) is 5.82 Å². The van der Waals surface area contributed by atoms with Crippen LogP contribution < -0.4 is 5.32 Å². The number of carbonyl (C=O) groups excluding carboxylic acids is 1. The Labute approximate surface area is 201 Å². The SMILES string of the molecule is C=C(C)c1nn(C2CCC(C(C)C)CC2)cc1CC(=O)c1cnn2ccc(NCC3CC3)nc12. The molecule has 0 aromatic carbocycles. The third-order valence-corrected chi connectivity index (χ3v) is 7.56. The number of nitrogens with zero attached hydrogens (tertiary/aromatic N) is 5. The van der Waals surface area contributed by atoms with Crippen LogP contribution in [0.5, 0.6) is 0 Å². The number of carbonyl (C=O) groups is 1. The van der Waals surface area contributed by atoms with Crippen molar-refractivity contribution in [2.45, 2.75) is 71.8 Å². The molecule has 0 bridgehead atoms. The van der Waals surface area contributed by atoms with Crippen LogP contribution in [0.15, 0.2) is 31.2 Å². The smallest absolute Gasteiger partial charge is 0.172 e. The Kier molecular flexibility index (Phi) is 6.28. The highest BCUT2D eigenvalue weighted by molar-refractivity contribution is 6.02. The van der Waals surface area contributed by atoms with Crippen LogP contribution in [0.3, 0.4) is 0 Å². The van der Waals surface area contributed by atoms with Crippen molar-refractivity contribution in [2.75, 3.05) is 11.9 Å². The van der Waals surface area contributed by atoms with Crippen LogP contribution in [-0.4, -0.2) is 36.7 Å². The van der Waals surface area contributed by atoms with Crippen molar-refractivity contribution in [1.82, 2.24) is 24.4 Å². The Morgan fingerprint density at radius 1 is 1.21 bits per heavy atom. The quantitative estimate of drug-likeness (QED) is 0.421. The molecule has 2 fully saturated rings. The van der Waals surface area contributed by atoms with Crippen molar-refractivity contribution in [2.24, 2.45) is 17.8 Å². The molecule has 0 unspecified atom stereocenters. The van der Waals surface area contributed by atoms with Crippen molar-refractivity contribution >= 4 is 22.8 Å². The number of allylic oxidation sites excluding steroid dienone is 1. The van der Waals surface area contributed by atoms with Gasteiger partial charge in [-0.3, -0.25) is 9.48 Å². The second kappa shape index (κ2) is 9.35. The maximum Gasteiger partial charge on any atom is 0.172 e. The van der Waals surface area contributed by atoms with E-state index in [1.807, 2.05) is 19.2 Å². The molecule has 2 aliphatic rings. The molecule has 3 heterocycles. The van der Waals surface area contributed by atoms with Crippen LogP contribution in [-0.2, 0) is 6.42 Å². The highest BCUT2D eigenvalue weighted by atomic mass is 16.1. The van der Waals surface area contributed by atoms with Crippen LogP contribution in [0.1, 0.15) is 87.0 Å². The summed E-state index contributed by atoms with van der Waals surface area (Å²) in [4.78, 5) is 18.1. The Bertz CT molecular complexity index is 1190. The van der Waals surface area contributed by atoms with Crippen molar-refractivity contribution in [3.8, 4) is 0 Å². The molecule has 0 spiro atoms. The number of aromatic nitrogens is 5. The van der Waals surface area contributed by atoms with Crippen LogP contribution in [0.25, 0.3) is 11.2 Å². The first-order valence-corrected chi connectivity index (χ1v) is 12.7. The van der Waals surface area contributed by atoms with Gasteiger partial charge in [0.1, 0.15) is 5.82 Å². The topological polar surface area (TPSA) is 77.1 Å². The lowest BCUT2D eigenvalue weighted by Gasteiger charge is -2.31. The van der Waals surface area contributed by atoms with Crippen LogP contribution in [0.2, 0.25) is 0 Å². The van der Waals surface area contributed by atoms with Gasteiger partial charge in [-0.1, -0.05) is 20.4 Å². The van der Waals surface area contributed by atoms with Crippen molar-refractivity contribution in [1.29, 1.82) is 0 Å². The zero-order chi connectivity index (χ0) is 23.8. The van der Waals surface area contributed by atoms with E-state index >= 15 is 0 Å². The summed E-state index contributed by atoms with van der Waals surface area (Å²) >= 11 is 0. The minimum atomic E-state index is 0.00686. The number of fused-ring (bicyclic) bond motifs is 1.